The first-order chi connectivity index (χ1) is 13.0. The van der Waals surface area contributed by atoms with Crippen LogP contribution in [-0.2, 0) is 6.54 Å². The Bertz CT molecular complexity index is 780. The Morgan fingerprint density at radius 2 is 1.56 bits per heavy atom. The molecule has 2 aromatic rings. The van der Waals surface area contributed by atoms with E-state index in [0.29, 0.717) is 18.7 Å². The van der Waals surface area contributed by atoms with E-state index in [9.17, 15) is 9.59 Å². The molecule has 6 heteroatoms. The van der Waals surface area contributed by atoms with Gasteiger partial charge >= 0.3 is 0 Å². The highest BCUT2D eigenvalue weighted by atomic mass is 16.5. The molecule has 2 atom stereocenters. The fraction of sp³-hybridized carbons (Fsp3) is 0.333. The van der Waals surface area contributed by atoms with E-state index in [4.69, 9.17) is 5.21 Å². The lowest BCUT2D eigenvalue weighted by Crippen LogP contribution is -2.57. The fourth-order valence-electron chi connectivity index (χ4n) is 3.63. The summed E-state index contributed by atoms with van der Waals surface area (Å²) in [5.74, 6) is -0.440. The zero-order valence-electron chi connectivity index (χ0n) is 15.6. The van der Waals surface area contributed by atoms with Crippen molar-refractivity contribution in [1.29, 1.82) is 0 Å². The summed E-state index contributed by atoms with van der Waals surface area (Å²) in [5.41, 5.74) is 3.87. The molecule has 27 heavy (non-hydrogen) atoms. The Balaban J connectivity index is 1.65. The minimum absolute atomic E-state index is 0.0771. The molecule has 0 spiro atoms. The predicted octanol–water partition coefficient (Wildman–Crippen LogP) is 2.54. The van der Waals surface area contributed by atoms with Gasteiger partial charge in [0, 0.05) is 42.8 Å². The molecular weight excluding hydrogens is 342 g/mol. The second-order valence-corrected chi connectivity index (χ2v) is 7.08. The van der Waals surface area contributed by atoms with E-state index in [2.05, 4.69) is 18.7 Å². The maximum atomic E-state index is 12.7. The van der Waals surface area contributed by atoms with Crippen LogP contribution in [0.4, 0.5) is 0 Å². The summed E-state index contributed by atoms with van der Waals surface area (Å²) in [5, 5.41) is 8.70. The zero-order chi connectivity index (χ0) is 19.4. The van der Waals surface area contributed by atoms with Crippen LogP contribution in [0.5, 0.6) is 0 Å². The topological polar surface area (TPSA) is 72.9 Å². The third kappa shape index (κ3) is 4.35. The third-order valence-electron chi connectivity index (χ3n) is 5.09. The van der Waals surface area contributed by atoms with Crippen molar-refractivity contribution in [2.45, 2.75) is 32.5 Å². The van der Waals surface area contributed by atoms with Crippen molar-refractivity contribution in [3.63, 3.8) is 0 Å². The van der Waals surface area contributed by atoms with Gasteiger partial charge in [-0.1, -0.05) is 30.3 Å². The van der Waals surface area contributed by atoms with E-state index < -0.39 is 5.91 Å². The first-order valence-corrected chi connectivity index (χ1v) is 9.13. The standard InChI is InChI=1S/C21H25N3O3/c1-15-12-23(21(26)19-6-4-3-5-7-19)13-16(2)24(15)14-17-8-10-18(11-9-17)20(25)22-27/h3-11,15-16,27H,12-14H2,1-2H3,(H,22,25)/t15-,16+. The summed E-state index contributed by atoms with van der Waals surface area (Å²) in [6, 6.07) is 17.0. The van der Waals surface area contributed by atoms with Crippen molar-refractivity contribution >= 4 is 11.8 Å². The van der Waals surface area contributed by atoms with Crippen LogP contribution in [0.25, 0.3) is 0 Å². The van der Waals surface area contributed by atoms with Gasteiger partial charge in [0.1, 0.15) is 0 Å². The molecule has 142 valence electrons. The molecule has 1 aliphatic rings. The van der Waals surface area contributed by atoms with Crippen LogP contribution in [0.1, 0.15) is 40.1 Å². The molecular formula is C21H25N3O3. The van der Waals surface area contributed by atoms with E-state index in [1.807, 2.05) is 47.4 Å². The molecule has 3 rings (SSSR count). The Hall–Kier alpha value is -2.70. The molecule has 0 aromatic heterocycles. The second kappa shape index (κ2) is 8.33. The number of hydroxylamine groups is 1. The molecule has 1 saturated heterocycles. The highest BCUT2D eigenvalue weighted by molar-refractivity contribution is 5.94. The molecule has 0 saturated carbocycles. The highest BCUT2D eigenvalue weighted by Gasteiger charge is 2.32. The van der Waals surface area contributed by atoms with Crippen LogP contribution in [0.2, 0.25) is 0 Å². The largest absolute Gasteiger partial charge is 0.336 e. The fourth-order valence-corrected chi connectivity index (χ4v) is 3.63. The normalized spacial score (nSPS) is 20.3. The number of hydrogen-bond donors (Lipinski definition) is 2. The van der Waals surface area contributed by atoms with Crippen molar-refractivity contribution in [2.75, 3.05) is 13.1 Å². The molecule has 0 bridgehead atoms. The molecule has 0 radical (unpaired) electrons. The van der Waals surface area contributed by atoms with E-state index >= 15 is 0 Å². The lowest BCUT2D eigenvalue weighted by Gasteiger charge is -2.44. The number of nitrogens with one attached hydrogen (secondary N) is 1. The summed E-state index contributed by atoms with van der Waals surface area (Å²) in [6.45, 7) is 6.38. The first-order valence-electron chi connectivity index (χ1n) is 9.13. The highest BCUT2D eigenvalue weighted by Crippen LogP contribution is 2.21. The number of carbonyl (C=O) groups excluding carboxylic acids is 2. The number of amides is 2. The second-order valence-electron chi connectivity index (χ2n) is 7.08. The number of rotatable bonds is 4. The minimum atomic E-state index is -0.517. The molecule has 2 N–H and O–H groups in total. The number of piperazine rings is 1. The molecule has 2 amide bonds. The number of carbonyl (C=O) groups is 2. The van der Waals surface area contributed by atoms with Crippen molar-refractivity contribution in [2.24, 2.45) is 0 Å². The van der Waals surface area contributed by atoms with Gasteiger partial charge in [-0.25, -0.2) is 5.48 Å². The molecule has 2 aromatic carbocycles. The average Bonchev–Trinajstić information content (AvgIpc) is 2.70. The Kier molecular flexibility index (Phi) is 5.88. The summed E-state index contributed by atoms with van der Waals surface area (Å²) < 4.78 is 0. The van der Waals surface area contributed by atoms with Gasteiger partial charge in [0.2, 0.25) is 0 Å². The maximum Gasteiger partial charge on any atom is 0.274 e. The lowest BCUT2D eigenvalue weighted by atomic mass is 10.0. The lowest BCUT2D eigenvalue weighted by molar-refractivity contribution is 0.0269. The summed E-state index contributed by atoms with van der Waals surface area (Å²) in [6.07, 6.45) is 0. The van der Waals surface area contributed by atoms with Crippen molar-refractivity contribution < 1.29 is 14.8 Å². The van der Waals surface area contributed by atoms with E-state index in [0.717, 1.165) is 17.7 Å². The van der Waals surface area contributed by atoms with Gasteiger partial charge in [0.05, 0.1) is 0 Å². The van der Waals surface area contributed by atoms with Gasteiger partial charge in [-0.05, 0) is 43.7 Å². The zero-order valence-corrected chi connectivity index (χ0v) is 15.6. The predicted molar refractivity (Wildman–Crippen MR) is 103 cm³/mol. The Morgan fingerprint density at radius 1 is 0.963 bits per heavy atom. The molecule has 6 nitrogen and oxygen atoms in total. The smallest absolute Gasteiger partial charge is 0.274 e. The van der Waals surface area contributed by atoms with Gasteiger partial charge in [-0.15, -0.1) is 0 Å². The quantitative estimate of drug-likeness (QED) is 0.643. The number of hydrogen-bond acceptors (Lipinski definition) is 4. The monoisotopic (exact) mass is 367 g/mol. The van der Waals surface area contributed by atoms with Crippen LogP contribution in [-0.4, -0.2) is 52.0 Å². The first kappa shape index (κ1) is 19.1. The van der Waals surface area contributed by atoms with Crippen molar-refractivity contribution in [3.05, 3.63) is 71.3 Å². The Morgan fingerprint density at radius 3 is 2.11 bits per heavy atom. The van der Waals surface area contributed by atoms with Crippen LogP contribution in [0.3, 0.4) is 0 Å². The van der Waals surface area contributed by atoms with Crippen LogP contribution in [0.15, 0.2) is 54.6 Å². The number of benzene rings is 2. The average molecular weight is 367 g/mol. The summed E-state index contributed by atoms with van der Waals surface area (Å²) >= 11 is 0. The minimum Gasteiger partial charge on any atom is -0.336 e. The molecule has 0 aliphatic carbocycles. The Labute approximate surface area is 159 Å². The van der Waals surface area contributed by atoms with Crippen molar-refractivity contribution in [3.8, 4) is 0 Å². The summed E-state index contributed by atoms with van der Waals surface area (Å²) in [7, 11) is 0. The number of nitrogens with zero attached hydrogens (tertiary/aromatic N) is 2. The van der Waals surface area contributed by atoms with Crippen molar-refractivity contribution in [1.82, 2.24) is 15.3 Å². The van der Waals surface area contributed by atoms with Gasteiger partial charge in [-0.2, -0.15) is 0 Å². The molecule has 0 unspecified atom stereocenters. The van der Waals surface area contributed by atoms with Crippen LogP contribution < -0.4 is 5.48 Å². The van der Waals surface area contributed by atoms with Gasteiger partial charge in [0.25, 0.3) is 11.8 Å². The van der Waals surface area contributed by atoms with Crippen LogP contribution in [0, 0.1) is 0 Å². The maximum absolute atomic E-state index is 12.7. The molecule has 1 aliphatic heterocycles. The van der Waals surface area contributed by atoms with E-state index in [-0.39, 0.29) is 18.0 Å². The summed E-state index contributed by atoms with van der Waals surface area (Å²) in [4.78, 5) is 28.5. The van der Waals surface area contributed by atoms with Gasteiger partial charge < -0.3 is 4.90 Å². The molecule has 1 heterocycles. The van der Waals surface area contributed by atoms with E-state index in [1.54, 1.807) is 17.6 Å². The van der Waals surface area contributed by atoms with Gasteiger partial charge in [-0.3, -0.25) is 19.7 Å². The van der Waals surface area contributed by atoms with Gasteiger partial charge in [0.15, 0.2) is 0 Å². The van der Waals surface area contributed by atoms with E-state index in [1.165, 1.54) is 0 Å². The SMILES string of the molecule is C[C@@H]1CN(C(=O)c2ccccc2)C[C@H](C)N1Cc1ccc(C(=O)NO)cc1. The molecule has 1 fully saturated rings. The van der Waals surface area contributed by atoms with Crippen LogP contribution >= 0.6 is 0 Å². The third-order valence-corrected chi connectivity index (χ3v) is 5.09.